The minimum atomic E-state index is -0.117. The zero-order valence-corrected chi connectivity index (χ0v) is 12.2. The third kappa shape index (κ3) is 3.64. The Morgan fingerprint density at radius 1 is 0.905 bits per heavy atom. The molecule has 21 heavy (non-hydrogen) atoms. The van der Waals surface area contributed by atoms with Crippen LogP contribution in [0.4, 0.5) is 0 Å². The molecule has 0 heterocycles. The van der Waals surface area contributed by atoms with Gasteiger partial charge in [0.15, 0.2) is 0 Å². The molecule has 110 valence electrons. The van der Waals surface area contributed by atoms with Crippen LogP contribution in [0.2, 0.25) is 0 Å². The smallest absolute Gasteiger partial charge is 0.119 e. The fourth-order valence-corrected chi connectivity index (χ4v) is 3.06. The molecule has 2 atom stereocenters. The van der Waals surface area contributed by atoms with Crippen LogP contribution in [-0.2, 0) is 0 Å². The maximum Gasteiger partial charge on any atom is 0.119 e. The molecular weight excluding hydrogens is 260 g/mol. The molecule has 0 aliphatic heterocycles. The van der Waals surface area contributed by atoms with Crippen molar-refractivity contribution in [2.24, 2.45) is 5.92 Å². The lowest BCUT2D eigenvalue weighted by Gasteiger charge is -2.14. The minimum absolute atomic E-state index is 0.117. The summed E-state index contributed by atoms with van der Waals surface area (Å²) in [6.45, 7) is 0.687. The summed E-state index contributed by atoms with van der Waals surface area (Å²) in [5.74, 6) is 1.33. The van der Waals surface area contributed by atoms with Gasteiger partial charge in [-0.05, 0) is 48.4 Å². The second-order valence-electron chi connectivity index (χ2n) is 5.79. The first-order valence-corrected chi connectivity index (χ1v) is 7.79. The van der Waals surface area contributed by atoms with E-state index in [1.165, 1.54) is 11.1 Å². The maximum absolute atomic E-state index is 9.79. The Kier molecular flexibility index (Phi) is 4.56. The Bertz CT molecular complexity index is 548. The standard InChI is InChI=1S/C19H22O2/c20-19-8-4-7-17(19)13-14-21-18-11-9-16(10-12-18)15-5-2-1-3-6-15/h1-3,5-6,9-12,17,19-20H,4,7-8,13-14H2. The van der Waals surface area contributed by atoms with Crippen molar-refractivity contribution in [2.75, 3.05) is 6.61 Å². The Labute approximate surface area is 126 Å². The van der Waals surface area contributed by atoms with Crippen molar-refractivity contribution in [3.63, 3.8) is 0 Å². The van der Waals surface area contributed by atoms with Gasteiger partial charge in [0, 0.05) is 0 Å². The third-order valence-electron chi connectivity index (χ3n) is 4.34. The zero-order chi connectivity index (χ0) is 14.5. The highest BCUT2D eigenvalue weighted by Gasteiger charge is 2.24. The van der Waals surface area contributed by atoms with Crippen molar-refractivity contribution in [1.29, 1.82) is 0 Å². The summed E-state index contributed by atoms with van der Waals surface area (Å²) in [5, 5.41) is 9.79. The molecule has 0 amide bonds. The van der Waals surface area contributed by atoms with E-state index in [-0.39, 0.29) is 6.10 Å². The van der Waals surface area contributed by atoms with Crippen LogP contribution in [-0.4, -0.2) is 17.8 Å². The van der Waals surface area contributed by atoms with Gasteiger partial charge < -0.3 is 9.84 Å². The van der Waals surface area contributed by atoms with E-state index in [0.717, 1.165) is 31.4 Å². The van der Waals surface area contributed by atoms with E-state index in [1.807, 2.05) is 30.3 Å². The number of hydrogen-bond acceptors (Lipinski definition) is 2. The highest BCUT2D eigenvalue weighted by Crippen LogP contribution is 2.28. The minimum Gasteiger partial charge on any atom is -0.494 e. The van der Waals surface area contributed by atoms with E-state index < -0.39 is 0 Å². The molecule has 2 aromatic rings. The Morgan fingerprint density at radius 3 is 2.29 bits per heavy atom. The molecule has 0 bridgehead atoms. The van der Waals surface area contributed by atoms with Crippen molar-refractivity contribution in [3.8, 4) is 16.9 Å². The fraction of sp³-hybridized carbons (Fsp3) is 0.368. The van der Waals surface area contributed by atoms with E-state index in [2.05, 4.69) is 24.3 Å². The second-order valence-corrected chi connectivity index (χ2v) is 5.79. The first-order valence-electron chi connectivity index (χ1n) is 7.79. The van der Waals surface area contributed by atoms with Crippen LogP contribution in [0.25, 0.3) is 11.1 Å². The number of hydrogen-bond donors (Lipinski definition) is 1. The van der Waals surface area contributed by atoms with Gasteiger partial charge in [0.2, 0.25) is 0 Å². The molecule has 2 aromatic carbocycles. The number of benzene rings is 2. The van der Waals surface area contributed by atoms with Crippen molar-refractivity contribution < 1.29 is 9.84 Å². The SMILES string of the molecule is OC1CCCC1CCOc1ccc(-c2ccccc2)cc1. The van der Waals surface area contributed by atoms with Gasteiger partial charge in [-0.2, -0.15) is 0 Å². The van der Waals surface area contributed by atoms with Gasteiger partial charge in [-0.25, -0.2) is 0 Å². The Balaban J connectivity index is 1.53. The van der Waals surface area contributed by atoms with Gasteiger partial charge in [0.1, 0.15) is 5.75 Å². The molecule has 0 saturated heterocycles. The van der Waals surface area contributed by atoms with Gasteiger partial charge in [-0.3, -0.25) is 0 Å². The lowest BCUT2D eigenvalue weighted by Crippen LogP contribution is -2.16. The van der Waals surface area contributed by atoms with Crippen molar-refractivity contribution in [2.45, 2.75) is 31.8 Å². The predicted molar refractivity (Wildman–Crippen MR) is 85.3 cm³/mol. The summed E-state index contributed by atoms with van der Waals surface area (Å²) in [4.78, 5) is 0. The Morgan fingerprint density at radius 2 is 1.62 bits per heavy atom. The molecule has 0 aromatic heterocycles. The monoisotopic (exact) mass is 282 g/mol. The van der Waals surface area contributed by atoms with E-state index in [4.69, 9.17) is 4.74 Å². The number of rotatable bonds is 5. The van der Waals surface area contributed by atoms with Gasteiger partial charge in [-0.1, -0.05) is 48.9 Å². The summed E-state index contributed by atoms with van der Waals surface area (Å²) >= 11 is 0. The third-order valence-corrected chi connectivity index (χ3v) is 4.34. The van der Waals surface area contributed by atoms with Crippen molar-refractivity contribution in [3.05, 3.63) is 54.6 Å². The molecule has 0 radical (unpaired) electrons. The normalized spacial score (nSPS) is 21.4. The van der Waals surface area contributed by atoms with Gasteiger partial charge in [0.25, 0.3) is 0 Å². The first-order chi connectivity index (χ1) is 10.3. The molecule has 1 aliphatic carbocycles. The topological polar surface area (TPSA) is 29.5 Å². The molecule has 2 nitrogen and oxygen atoms in total. The number of ether oxygens (including phenoxy) is 1. The second kappa shape index (κ2) is 6.77. The molecule has 2 unspecified atom stereocenters. The summed E-state index contributed by atoms with van der Waals surface area (Å²) in [5.41, 5.74) is 2.42. The molecule has 1 N–H and O–H groups in total. The summed E-state index contributed by atoms with van der Waals surface area (Å²) in [6.07, 6.45) is 4.07. The highest BCUT2D eigenvalue weighted by molar-refractivity contribution is 5.63. The van der Waals surface area contributed by atoms with Gasteiger partial charge >= 0.3 is 0 Å². The van der Waals surface area contributed by atoms with Crippen LogP contribution < -0.4 is 4.74 Å². The zero-order valence-electron chi connectivity index (χ0n) is 12.2. The van der Waals surface area contributed by atoms with E-state index >= 15 is 0 Å². The Hall–Kier alpha value is -1.80. The van der Waals surface area contributed by atoms with Crippen LogP contribution in [0, 0.1) is 5.92 Å². The van der Waals surface area contributed by atoms with Crippen LogP contribution >= 0.6 is 0 Å². The average molecular weight is 282 g/mol. The van der Waals surface area contributed by atoms with Gasteiger partial charge in [-0.15, -0.1) is 0 Å². The van der Waals surface area contributed by atoms with Crippen LogP contribution in [0.5, 0.6) is 5.75 Å². The summed E-state index contributed by atoms with van der Waals surface area (Å²) < 4.78 is 5.80. The van der Waals surface area contributed by atoms with E-state index in [1.54, 1.807) is 0 Å². The number of aliphatic hydroxyl groups is 1. The molecule has 1 fully saturated rings. The van der Waals surface area contributed by atoms with E-state index in [9.17, 15) is 5.11 Å². The number of aliphatic hydroxyl groups excluding tert-OH is 1. The molecule has 1 saturated carbocycles. The average Bonchev–Trinajstić information content (AvgIpc) is 2.94. The van der Waals surface area contributed by atoms with Crippen molar-refractivity contribution >= 4 is 0 Å². The predicted octanol–water partition coefficient (Wildman–Crippen LogP) is 4.28. The van der Waals surface area contributed by atoms with Crippen molar-refractivity contribution in [1.82, 2.24) is 0 Å². The summed E-state index contributed by atoms with van der Waals surface area (Å²) in [7, 11) is 0. The van der Waals surface area contributed by atoms with Gasteiger partial charge in [0.05, 0.1) is 12.7 Å². The van der Waals surface area contributed by atoms with E-state index in [0.29, 0.717) is 12.5 Å². The van der Waals surface area contributed by atoms with Crippen LogP contribution in [0.15, 0.2) is 54.6 Å². The lowest BCUT2D eigenvalue weighted by molar-refractivity contribution is 0.117. The molecule has 1 aliphatic rings. The molecule has 0 spiro atoms. The highest BCUT2D eigenvalue weighted by atomic mass is 16.5. The maximum atomic E-state index is 9.79. The molecule has 3 rings (SSSR count). The lowest BCUT2D eigenvalue weighted by atomic mass is 10.0. The molecule has 2 heteroatoms. The summed E-state index contributed by atoms with van der Waals surface area (Å²) in [6, 6.07) is 18.6. The van der Waals surface area contributed by atoms with Crippen LogP contribution in [0.1, 0.15) is 25.7 Å². The molecular formula is C19H22O2. The quantitative estimate of drug-likeness (QED) is 0.886. The first kappa shape index (κ1) is 14.2. The van der Waals surface area contributed by atoms with Crippen LogP contribution in [0.3, 0.4) is 0 Å². The largest absolute Gasteiger partial charge is 0.494 e. The fourth-order valence-electron chi connectivity index (χ4n) is 3.06.